The fraction of sp³-hybridized carbons (Fsp3) is 0.476. The van der Waals surface area contributed by atoms with Crippen LogP contribution in [0.3, 0.4) is 0 Å². The smallest absolute Gasteiger partial charge is 0.271 e. The van der Waals surface area contributed by atoms with Gasteiger partial charge in [-0.05, 0) is 37.7 Å². The second kappa shape index (κ2) is 9.50. The van der Waals surface area contributed by atoms with Gasteiger partial charge < -0.3 is 15.4 Å². The standard InChI is InChI=1S/C21H28N4O3/c1-15(17-6-4-3-5-7-17)25-19(14-18(24-25)20(26)22-2)21(27)23-11-8-16-9-12-28-13-10-16/h3-7,14-16H,8-13H2,1-2H3,(H,22,26)(H,23,27)/t15-/m0/s1. The molecule has 150 valence electrons. The highest BCUT2D eigenvalue weighted by molar-refractivity contribution is 5.97. The van der Waals surface area contributed by atoms with Crippen LogP contribution in [0.4, 0.5) is 0 Å². The van der Waals surface area contributed by atoms with E-state index >= 15 is 0 Å². The summed E-state index contributed by atoms with van der Waals surface area (Å²) in [5.41, 5.74) is 1.65. The van der Waals surface area contributed by atoms with Crippen LogP contribution in [0.2, 0.25) is 0 Å². The van der Waals surface area contributed by atoms with Crippen molar-refractivity contribution in [2.75, 3.05) is 26.8 Å². The molecule has 1 aromatic heterocycles. The fourth-order valence-electron chi connectivity index (χ4n) is 3.49. The lowest BCUT2D eigenvalue weighted by Gasteiger charge is -2.22. The Kier molecular flexibility index (Phi) is 6.81. The number of benzene rings is 1. The van der Waals surface area contributed by atoms with Crippen molar-refractivity contribution in [2.24, 2.45) is 5.92 Å². The Bertz CT molecular complexity index is 797. The van der Waals surface area contributed by atoms with Gasteiger partial charge in [0.25, 0.3) is 11.8 Å². The minimum absolute atomic E-state index is 0.171. The summed E-state index contributed by atoms with van der Waals surface area (Å²) in [4.78, 5) is 24.9. The second-order valence-electron chi connectivity index (χ2n) is 7.13. The molecule has 7 heteroatoms. The minimum atomic E-state index is -0.310. The fourth-order valence-corrected chi connectivity index (χ4v) is 3.49. The lowest BCUT2D eigenvalue weighted by molar-refractivity contribution is 0.0635. The minimum Gasteiger partial charge on any atom is -0.381 e. The Hall–Kier alpha value is -2.67. The van der Waals surface area contributed by atoms with Crippen molar-refractivity contribution in [3.8, 4) is 0 Å². The van der Waals surface area contributed by atoms with E-state index in [0.29, 0.717) is 18.2 Å². The van der Waals surface area contributed by atoms with Gasteiger partial charge in [-0.1, -0.05) is 30.3 Å². The predicted octanol–water partition coefficient (Wildman–Crippen LogP) is 2.40. The number of carbonyl (C=O) groups is 2. The first-order chi connectivity index (χ1) is 13.6. The highest BCUT2D eigenvalue weighted by Gasteiger charge is 2.23. The average Bonchev–Trinajstić information content (AvgIpc) is 3.19. The van der Waals surface area contributed by atoms with Crippen molar-refractivity contribution in [2.45, 2.75) is 32.2 Å². The lowest BCUT2D eigenvalue weighted by atomic mass is 9.97. The summed E-state index contributed by atoms with van der Waals surface area (Å²) in [6.07, 6.45) is 3.01. The Morgan fingerprint density at radius 1 is 1.21 bits per heavy atom. The summed E-state index contributed by atoms with van der Waals surface area (Å²) in [5, 5.41) is 9.96. The topological polar surface area (TPSA) is 85.3 Å². The molecule has 0 radical (unpaired) electrons. The summed E-state index contributed by atoms with van der Waals surface area (Å²) in [6.45, 7) is 4.17. The van der Waals surface area contributed by atoms with Crippen molar-refractivity contribution >= 4 is 11.8 Å². The number of rotatable bonds is 7. The monoisotopic (exact) mass is 384 g/mol. The molecule has 7 nitrogen and oxygen atoms in total. The molecule has 1 saturated heterocycles. The van der Waals surface area contributed by atoms with E-state index in [4.69, 9.17) is 4.74 Å². The number of aromatic nitrogens is 2. The maximum Gasteiger partial charge on any atom is 0.271 e. The van der Waals surface area contributed by atoms with Gasteiger partial charge in [-0.2, -0.15) is 5.10 Å². The molecule has 28 heavy (non-hydrogen) atoms. The van der Waals surface area contributed by atoms with Crippen LogP contribution >= 0.6 is 0 Å². The van der Waals surface area contributed by atoms with Gasteiger partial charge in [-0.15, -0.1) is 0 Å². The molecular weight excluding hydrogens is 356 g/mol. The zero-order valence-corrected chi connectivity index (χ0v) is 16.5. The van der Waals surface area contributed by atoms with Crippen molar-refractivity contribution in [3.63, 3.8) is 0 Å². The van der Waals surface area contributed by atoms with Crippen molar-refractivity contribution in [1.29, 1.82) is 0 Å². The number of amides is 2. The third kappa shape index (κ3) is 4.78. The van der Waals surface area contributed by atoms with Crippen LogP contribution in [0, 0.1) is 5.92 Å². The number of ether oxygens (including phenoxy) is 1. The van der Waals surface area contributed by atoms with Crippen LogP contribution in [0.5, 0.6) is 0 Å². The lowest BCUT2D eigenvalue weighted by Crippen LogP contribution is -2.30. The van der Waals surface area contributed by atoms with E-state index < -0.39 is 0 Å². The summed E-state index contributed by atoms with van der Waals surface area (Å²) in [7, 11) is 1.55. The van der Waals surface area contributed by atoms with Crippen molar-refractivity contribution < 1.29 is 14.3 Å². The van der Waals surface area contributed by atoms with Crippen LogP contribution in [-0.2, 0) is 4.74 Å². The number of hydrogen-bond donors (Lipinski definition) is 2. The SMILES string of the molecule is CNC(=O)c1cc(C(=O)NCCC2CCOCC2)n([C@@H](C)c2ccccc2)n1. The van der Waals surface area contributed by atoms with Gasteiger partial charge in [0, 0.05) is 32.9 Å². The molecule has 2 amide bonds. The van der Waals surface area contributed by atoms with Gasteiger partial charge in [0.1, 0.15) is 5.69 Å². The summed E-state index contributed by atoms with van der Waals surface area (Å²) in [5.74, 6) is 0.0661. The third-order valence-electron chi connectivity index (χ3n) is 5.26. The second-order valence-corrected chi connectivity index (χ2v) is 7.13. The average molecular weight is 384 g/mol. The van der Waals surface area contributed by atoms with Crippen LogP contribution in [-0.4, -0.2) is 48.4 Å². The molecule has 0 unspecified atom stereocenters. The molecule has 1 fully saturated rings. The molecule has 1 aromatic carbocycles. The Morgan fingerprint density at radius 2 is 1.93 bits per heavy atom. The Labute approximate surface area is 165 Å². The van der Waals surface area contributed by atoms with E-state index in [-0.39, 0.29) is 23.6 Å². The highest BCUT2D eigenvalue weighted by Crippen LogP contribution is 2.21. The first kappa shape index (κ1) is 20.1. The van der Waals surface area contributed by atoms with Gasteiger partial charge in [-0.25, -0.2) is 0 Å². The van der Waals surface area contributed by atoms with Gasteiger partial charge in [0.15, 0.2) is 5.69 Å². The maximum absolute atomic E-state index is 12.8. The molecule has 0 aliphatic carbocycles. The molecule has 0 bridgehead atoms. The quantitative estimate of drug-likeness (QED) is 0.768. The predicted molar refractivity (Wildman–Crippen MR) is 106 cm³/mol. The Morgan fingerprint density at radius 3 is 2.61 bits per heavy atom. The van der Waals surface area contributed by atoms with Gasteiger partial charge in [0.2, 0.25) is 0 Å². The molecule has 2 heterocycles. The van der Waals surface area contributed by atoms with Crippen LogP contribution in [0.1, 0.15) is 58.8 Å². The van der Waals surface area contributed by atoms with E-state index in [1.165, 1.54) is 0 Å². The first-order valence-electron chi connectivity index (χ1n) is 9.82. The van der Waals surface area contributed by atoms with Crippen molar-refractivity contribution in [3.05, 3.63) is 53.3 Å². The van der Waals surface area contributed by atoms with Crippen LogP contribution < -0.4 is 10.6 Å². The summed E-state index contributed by atoms with van der Waals surface area (Å²) >= 11 is 0. The van der Waals surface area contributed by atoms with Gasteiger partial charge in [0.05, 0.1) is 6.04 Å². The molecule has 1 aliphatic heterocycles. The van der Waals surface area contributed by atoms with E-state index in [2.05, 4.69) is 15.7 Å². The summed E-state index contributed by atoms with van der Waals surface area (Å²) < 4.78 is 7.01. The number of carbonyl (C=O) groups excluding carboxylic acids is 2. The van der Waals surface area contributed by atoms with Gasteiger partial charge in [-0.3, -0.25) is 14.3 Å². The zero-order chi connectivity index (χ0) is 19.9. The largest absolute Gasteiger partial charge is 0.381 e. The van der Waals surface area contributed by atoms with E-state index in [1.807, 2.05) is 37.3 Å². The molecule has 3 rings (SSSR count). The normalized spacial score (nSPS) is 15.8. The molecule has 2 aromatic rings. The number of nitrogens with one attached hydrogen (secondary N) is 2. The Balaban J connectivity index is 1.74. The molecule has 2 N–H and O–H groups in total. The van der Waals surface area contributed by atoms with Crippen molar-refractivity contribution in [1.82, 2.24) is 20.4 Å². The van der Waals surface area contributed by atoms with E-state index in [0.717, 1.165) is 38.0 Å². The van der Waals surface area contributed by atoms with Gasteiger partial charge >= 0.3 is 0 Å². The van der Waals surface area contributed by atoms with Crippen LogP contribution in [0.25, 0.3) is 0 Å². The van der Waals surface area contributed by atoms with E-state index in [9.17, 15) is 9.59 Å². The molecule has 0 spiro atoms. The molecule has 1 aliphatic rings. The summed E-state index contributed by atoms with van der Waals surface area (Å²) in [6, 6.07) is 11.2. The highest BCUT2D eigenvalue weighted by atomic mass is 16.5. The zero-order valence-electron chi connectivity index (χ0n) is 16.5. The third-order valence-corrected chi connectivity index (χ3v) is 5.26. The molecular formula is C21H28N4O3. The maximum atomic E-state index is 12.8. The number of nitrogens with zero attached hydrogens (tertiary/aromatic N) is 2. The number of hydrogen-bond acceptors (Lipinski definition) is 4. The molecule has 0 saturated carbocycles. The molecule has 1 atom stereocenters. The first-order valence-corrected chi connectivity index (χ1v) is 9.82. The van der Waals surface area contributed by atoms with Crippen LogP contribution in [0.15, 0.2) is 36.4 Å². The van der Waals surface area contributed by atoms with E-state index in [1.54, 1.807) is 17.8 Å².